The number of thiophene rings is 1. The van der Waals surface area contributed by atoms with Crippen molar-refractivity contribution in [1.29, 1.82) is 0 Å². The molecule has 0 saturated carbocycles. The SMILES string of the molecule is Cc1c(C(=O)OC(C)C)sc(C(=O)N2CCOCC2)c1O. The van der Waals surface area contributed by atoms with E-state index in [4.69, 9.17) is 9.47 Å². The van der Waals surface area contributed by atoms with Gasteiger partial charge in [-0.05, 0) is 20.8 Å². The zero-order valence-electron chi connectivity index (χ0n) is 12.3. The van der Waals surface area contributed by atoms with Gasteiger partial charge in [-0.2, -0.15) is 0 Å². The second-order valence-electron chi connectivity index (χ2n) is 5.09. The summed E-state index contributed by atoms with van der Waals surface area (Å²) in [5.41, 5.74) is 0.391. The highest BCUT2D eigenvalue weighted by atomic mass is 32.1. The molecule has 1 aromatic heterocycles. The molecule has 1 N–H and O–H groups in total. The number of hydrogen-bond acceptors (Lipinski definition) is 6. The lowest BCUT2D eigenvalue weighted by Crippen LogP contribution is -2.40. The van der Waals surface area contributed by atoms with Crippen molar-refractivity contribution in [3.63, 3.8) is 0 Å². The molecule has 1 aliphatic rings. The van der Waals surface area contributed by atoms with Crippen LogP contribution in [-0.2, 0) is 9.47 Å². The lowest BCUT2D eigenvalue weighted by Gasteiger charge is -2.26. The fourth-order valence-corrected chi connectivity index (χ4v) is 3.07. The zero-order valence-corrected chi connectivity index (χ0v) is 13.2. The first-order valence-electron chi connectivity index (χ1n) is 6.82. The molecule has 1 fully saturated rings. The highest BCUT2D eigenvalue weighted by Crippen LogP contribution is 2.35. The van der Waals surface area contributed by atoms with E-state index >= 15 is 0 Å². The highest BCUT2D eigenvalue weighted by molar-refractivity contribution is 7.16. The normalized spacial score (nSPS) is 15.3. The van der Waals surface area contributed by atoms with Crippen LogP contribution in [0.4, 0.5) is 0 Å². The molecule has 0 radical (unpaired) electrons. The van der Waals surface area contributed by atoms with Crippen LogP contribution in [0.15, 0.2) is 0 Å². The Morgan fingerprint density at radius 3 is 2.48 bits per heavy atom. The quantitative estimate of drug-likeness (QED) is 0.861. The molecule has 1 amide bonds. The largest absolute Gasteiger partial charge is 0.506 e. The van der Waals surface area contributed by atoms with Crippen LogP contribution < -0.4 is 0 Å². The Hall–Kier alpha value is -1.60. The number of hydrogen-bond donors (Lipinski definition) is 1. The molecule has 6 nitrogen and oxygen atoms in total. The van der Waals surface area contributed by atoms with Crippen LogP contribution in [0.3, 0.4) is 0 Å². The van der Waals surface area contributed by atoms with Crippen LogP contribution in [-0.4, -0.2) is 54.3 Å². The molecule has 0 spiro atoms. The molecule has 0 bridgehead atoms. The van der Waals surface area contributed by atoms with Crippen LogP contribution in [0.1, 0.15) is 38.8 Å². The molecule has 2 rings (SSSR count). The van der Waals surface area contributed by atoms with Crippen LogP contribution in [0.2, 0.25) is 0 Å². The molecule has 1 saturated heterocycles. The van der Waals surface area contributed by atoms with Crippen molar-refractivity contribution in [2.75, 3.05) is 26.3 Å². The Bertz CT molecular complexity index is 546. The second-order valence-corrected chi connectivity index (χ2v) is 6.11. The zero-order chi connectivity index (χ0) is 15.6. The number of morpholine rings is 1. The number of rotatable bonds is 3. The smallest absolute Gasteiger partial charge is 0.348 e. The number of ether oxygens (including phenoxy) is 2. The van der Waals surface area contributed by atoms with Gasteiger partial charge >= 0.3 is 5.97 Å². The van der Waals surface area contributed by atoms with Crippen molar-refractivity contribution in [3.05, 3.63) is 15.3 Å². The highest BCUT2D eigenvalue weighted by Gasteiger charge is 2.28. The molecule has 0 aromatic carbocycles. The van der Waals surface area contributed by atoms with Gasteiger partial charge in [0.2, 0.25) is 0 Å². The molecule has 1 aromatic rings. The van der Waals surface area contributed by atoms with Crippen LogP contribution in [0.25, 0.3) is 0 Å². The van der Waals surface area contributed by atoms with Gasteiger partial charge in [0.25, 0.3) is 5.91 Å². The minimum absolute atomic E-state index is 0.132. The van der Waals surface area contributed by atoms with Crippen molar-refractivity contribution >= 4 is 23.2 Å². The average molecular weight is 313 g/mol. The molecule has 0 atom stereocenters. The number of nitrogens with zero attached hydrogens (tertiary/aromatic N) is 1. The summed E-state index contributed by atoms with van der Waals surface area (Å²) in [6, 6.07) is 0. The summed E-state index contributed by atoms with van der Waals surface area (Å²) in [4.78, 5) is 26.5. The van der Waals surface area contributed by atoms with Crippen LogP contribution in [0.5, 0.6) is 5.75 Å². The third-order valence-electron chi connectivity index (χ3n) is 3.14. The lowest BCUT2D eigenvalue weighted by atomic mass is 10.2. The number of carbonyl (C=O) groups is 2. The summed E-state index contributed by atoms with van der Waals surface area (Å²) >= 11 is 0.981. The Kier molecular flexibility index (Phi) is 4.84. The standard InChI is InChI=1S/C14H19NO5S/c1-8(2)20-14(18)11-9(3)10(16)12(21-11)13(17)15-4-6-19-7-5-15/h8,16H,4-7H2,1-3H3. The van der Waals surface area contributed by atoms with E-state index in [0.29, 0.717) is 31.9 Å². The van der Waals surface area contributed by atoms with Gasteiger partial charge in [0, 0.05) is 18.7 Å². The summed E-state index contributed by atoms with van der Waals surface area (Å²) < 4.78 is 10.3. The van der Waals surface area contributed by atoms with Gasteiger partial charge in [0.1, 0.15) is 15.5 Å². The van der Waals surface area contributed by atoms with E-state index in [1.165, 1.54) is 0 Å². The van der Waals surface area contributed by atoms with E-state index in [1.807, 2.05) is 0 Å². The van der Waals surface area contributed by atoms with E-state index in [2.05, 4.69) is 0 Å². The maximum Gasteiger partial charge on any atom is 0.348 e. The molecule has 2 heterocycles. The number of aromatic hydroxyl groups is 1. The lowest BCUT2D eigenvalue weighted by molar-refractivity contribution is 0.0304. The summed E-state index contributed by atoms with van der Waals surface area (Å²) in [7, 11) is 0. The predicted octanol–water partition coefficient (Wildman–Crippen LogP) is 1.80. The molecule has 21 heavy (non-hydrogen) atoms. The molecule has 0 unspecified atom stereocenters. The Labute approximate surface area is 127 Å². The summed E-state index contributed by atoms with van der Waals surface area (Å²) in [6.07, 6.45) is -0.250. The minimum atomic E-state index is -0.510. The maximum atomic E-state index is 12.4. The predicted molar refractivity (Wildman–Crippen MR) is 78.0 cm³/mol. The molecular weight excluding hydrogens is 294 g/mol. The fraction of sp³-hybridized carbons (Fsp3) is 0.571. The topological polar surface area (TPSA) is 76.1 Å². The third kappa shape index (κ3) is 3.36. The van der Waals surface area contributed by atoms with Gasteiger partial charge in [0.05, 0.1) is 19.3 Å². The Balaban J connectivity index is 2.24. The van der Waals surface area contributed by atoms with Crippen LogP contribution in [0, 0.1) is 6.92 Å². The first-order chi connectivity index (χ1) is 9.91. The van der Waals surface area contributed by atoms with E-state index in [9.17, 15) is 14.7 Å². The van der Waals surface area contributed by atoms with Gasteiger partial charge < -0.3 is 19.5 Å². The first kappa shape index (κ1) is 15.8. The van der Waals surface area contributed by atoms with Gasteiger partial charge in [-0.15, -0.1) is 11.3 Å². The first-order valence-corrected chi connectivity index (χ1v) is 7.63. The summed E-state index contributed by atoms with van der Waals surface area (Å²) in [5.74, 6) is -0.913. The number of amides is 1. The summed E-state index contributed by atoms with van der Waals surface area (Å²) in [6.45, 7) is 7.06. The monoisotopic (exact) mass is 313 g/mol. The van der Waals surface area contributed by atoms with Crippen molar-refractivity contribution in [1.82, 2.24) is 4.90 Å². The van der Waals surface area contributed by atoms with Gasteiger partial charge in [-0.1, -0.05) is 0 Å². The van der Waals surface area contributed by atoms with E-state index < -0.39 is 5.97 Å². The van der Waals surface area contributed by atoms with Gasteiger partial charge in [-0.25, -0.2) is 4.79 Å². The molecule has 7 heteroatoms. The van der Waals surface area contributed by atoms with Gasteiger partial charge in [0.15, 0.2) is 0 Å². The second kappa shape index (κ2) is 6.44. The Morgan fingerprint density at radius 2 is 1.90 bits per heavy atom. The number of carbonyl (C=O) groups excluding carboxylic acids is 2. The summed E-state index contributed by atoms with van der Waals surface area (Å²) in [5, 5.41) is 10.1. The Morgan fingerprint density at radius 1 is 1.29 bits per heavy atom. The van der Waals surface area contributed by atoms with Gasteiger partial charge in [-0.3, -0.25) is 4.79 Å². The molecule has 1 aliphatic heterocycles. The van der Waals surface area contributed by atoms with Crippen LogP contribution >= 0.6 is 11.3 Å². The van der Waals surface area contributed by atoms with Crippen molar-refractivity contribution in [3.8, 4) is 5.75 Å². The van der Waals surface area contributed by atoms with E-state index in [0.717, 1.165) is 11.3 Å². The molecular formula is C14H19NO5S. The molecule has 116 valence electrons. The van der Waals surface area contributed by atoms with E-state index in [-0.39, 0.29) is 27.5 Å². The minimum Gasteiger partial charge on any atom is -0.506 e. The van der Waals surface area contributed by atoms with Crippen molar-refractivity contribution < 1.29 is 24.2 Å². The third-order valence-corrected chi connectivity index (χ3v) is 4.38. The molecule has 0 aliphatic carbocycles. The number of esters is 1. The van der Waals surface area contributed by atoms with Crippen molar-refractivity contribution in [2.45, 2.75) is 26.9 Å². The fourth-order valence-electron chi connectivity index (χ4n) is 2.02. The maximum absolute atomic E-state index is 12.4. The van der Waals surface area contributed by atoms with E-state index in [1.54, 1.807) is 25.7 Å². The average Bonchev–Trinajstić information content (AvgIpc) is 2.75. The van der Waals surface area contributed by atoms with Crippen molar-refractivity contribution in [2.24, 2.45) is 0 Å².